The Bertz CT molecular complexity index is 574. The van der Waals surface area contributed by atoms with E-state index in [1.54, 1.807) is 0 Å². The van der Waals surface area contributed by atoms with Crippen molar-refractivity contribution < 1.29 is 4.79 Å². The molecule has 2 amide bonds. The van der Waals surface area contributed by atoms with Crippen molar-refractivity contribution >= 4 is 6.03 Å². The van der Waals surface area contributed by atoms with Crippen LogP contribution in [0.1, 0.15) is 37.3 Å². The first kappa shape index (κ1) is 17.0. The molecule has 1 saturated heterocycles. The average Bonchev–Trinajstić information content (AvgIpc) is 2.97. The lowest BCUT2D eigenvalue weighted by Gasteiger charge is -2.29. The number of carbonyl (C=O) groups is 1. The minimum atomic E-state index is 0.0334. The molecule has 5 nitrogen and oxygen atoms in total. The summed E-state index contributed by atoms with van der Waals surface area (Å²) in [6, 6.07) is 4.69. The fourth-order valence-corrected chi connectivity index (χ4v) is 3.93. The van der Waals surface area contributed by atoms with Crippen LogP contribution in [0.15, 0.2) is 36.7 Å². The second kappa shape index (κ2) is 7.79. The average molecular weight is 328 g/mol. The second-order valence-corrected chi connectivity index (χ2v) is 7.06. The number of nitrogens with zero attached hydrogens (tertiary/aromatic N) is 3. The highest BCUT2D eigenvalue weighted by Crippen LogP contribution is 2.36. The first-order chi connectivity index (χ1) is 11.6. The summed E-state index contributed by atoms with van der Waals surface area (Å²) in [6.45, 7) is 1.83. The number of pyridine rings is 1. The highest BCUT2D eigenvalue weighted by Gasteiger charge is 2.34. The van der Waals surface area contributed by atoms with Crippen molar-refractivity contribution in [3.8, 4) is 0 Å². The Morgan fingerprint density at radius 2 is 2.33 bits per heavy atom. The molecule has 1 aliphatic carbocycles. The van der Waals surface area contributed by atoms with Crippen LogP contribution in [0, 0.1) is 5.92 Å². The zero-order chi connectivity index (χ0) is 16.9. The largest absolute Gasteiger partial charge is 0.332 e. The van der Waals surface area contributed by atoms with E-state index in [1.807, 2.05) is 30.4 Å². The van der Waals surface area contributed by atoms with Gasteiger partial charge in [0, 0.05) is 38.1 Å². The molecule has 0 radical (unpaired) electrons. The molecule has 0 saturated carbocycles. The van der Waals surface area contributed by atoms with Gasteiger partial charge in [-0.05, 0) is 56.8 Å². The maximum atomic E-state index is 12.5. The van der Waals surface area contributed by atoms with E-state index in [9.17, 15) is 4.79 Å². The molecule has 1 aliphatic heterocycles. The smallest absolute Gasteiger partial charge is 0.317 e. The van der Waals surface area contributed by atoms with Gasteiger partial charge in [0.1, 0.15) is 0 Å². The van der Waals surface area contributed by atoms with Crippen LogP contribution < -0.4 is 5.32 Å². The van der Waals surface area contributed by atoms with Crippen molar-refractivity contribution in [1.29, 1.82) is 0 Å². The lowest BCUT2D eigenvalue weighted by Crippen LogP contribution is -2.44. The molecule has 2 aliphatic rings. The van der Waals surface area contributed by atoms with Gasteiger partial charge in [-0.1, -0.05) is 18.2 Å². The number of allylic oxidation sites excluding steroid dienone is 1. The summed E-state index contributed by atoms with van der Waals surface area (Å²) in [4.78, 5) is 21.0. The summed E-state index contributed by atoms with van der Waals surface area (Å²) in [5.74, 6) is 0.442. The minimum Gasteiger partial charge on any atom is -0.332 e. The number of aromatic nitrogens is 1. The molecule has 1 N–H and O–H groups in total. The zero-order valence-corrected chi connectivity index (χ0v) is 14.7. The third-order valence-corrected chi connectivity index (χ3v) is 5.22. The van der Waals surface area contributed by atoms with Gasteiger partial charge >= 0.3 is 6.03 Å². The quantitative estimate of drug-likeness (QED) is 0.865. The van der Waals surface area contributed by atoms with Gasteiger partial charge < -0.3 is 10.2 Å². The van der Waals surface area contributed by atoms with E-state index in [0.29, 0.717) is 12.0 Å². The fraction of sp³-hybridized carbons (Fsp3) is 0.579. The zero-order valence-electron chi connectivity index (χ0n) is 14.7. The molecule has 24 heavy (non-hydrogen) atoms. The Kier molecular flexibility index (Phi) is 5.51. The van der Waals surface area contributed by atoms with Gasteiger partial charge in [-0.15, -0.1) is 0 Å². The molecule has 1 unspecified atom stereocenters. The summed E-state index contributed by atoms with van der Waals surface area (Å²) in [6.07, 6.45) is 12.5. The standard InChI is InChI=1S/C19H28N4O/c1-22-12-10-16(18(22)15-7-6-11-20-13-15)14-23(2)19(24)21-17-8-4-3-5-9-17/h4,6-8,11,13,16-18H,3,5,9-10,12,14H2,1-2H3,(H,21,24)/t16-,17?,18-/m0/s1. The number of hydrogen-bond donors (Lipinski definition) is 1. The van der Waals surface area contributed by atoms with Gasteiger partial charge in [-0.2, -0.15) is 0 Å². The van der Waals surface area contributed by atoms with Gasteiger partial charge in [0.05, 0.1) is 0 Å². The number of hydrogen-bond acceptors (Lipinski definition) is 3. The van der Waals surface area contributed by atoms with Gasteiger partial charge in [-0.25, -0.2) is 4.79 Å². The molecule has 130 valence electrons. The summed E-state index contributed by atoms with van der Waals surface area (Å²) in [5.41, 5.74) is 1.24. The van der Waals surface area contributed by atoms with Crippen LogP contribution in [0.5, 0.6) is 0 Å². The first-order valence-electron chi connectivity index (χ1n) is 8.93. The van der Waals surface area contributed by atoms with Crippen LogP contribution in [0.3, 0.4) is 0 Å². The molecule has 2 heterocycles. The number of urea groups is 1. The van der Waals surface area contributed by atoms with E-state index in [1.165, 1.54) is 5.56 Å². The first-order valence-corrected chi connectivity index (χ1v) is 8.93. The monoisotopic (exact) mass is 328 g/mol. The normalized spacial score (nSPS) is 27.2. The Balaban J connectivity index is 1.60. The third-order valence-electron chi connectivity index (χ3n) is 5.22. The highest BCUT2D eigenvalue weighted by atomic mass is 16.2. The molecule has 5 heteroatoms. The minimum absolute atomic E-state index is 0.0334. The fourth-order valence-electron chi connectivity index (χ4n) is 3.93. The van der Waals surface area contributed by atoms with Crippen LogP contribution >= 0.6 is 0 Å². The van der Waals surface area contributed by atoms with Gasteiger partial charge in [0.25, 0.3) is 0 Å². The summed E-state index contributed by atoms with van der Waals surface area (Å²) in [5, 5.41) is 3.13. The van der Waals surface area contributed by atoms with Crippen LogP contribution in [0.25, 0.3) is 0 Å². The molecule has 3 rings (SSSR count). The molecule has 1 aromatic heterocycles. The maximum absolute atomic E-state index is 12.5. The molecular formula is C19H28N4O. The Morgan fingerprint density at radius 3 is 3.04 bits per heavy atom. The number of nitrogens with one attached hydrogen (secondary N) is 1. The maximum Gasteiger partial charge on any atom is 0.317 e. The third kappa shape index (κ3) is 3.96. The topological polar surface area (TPSA) is 48.5 Å². The molecule has 3 atom stereocenters. The molecule has 1 aromatic rings. The van der Waals surface area contributed by atoms with E-state index in [-0.39, 0.29) is 12.1 Å². The van der Waals surface area contributed by atoms with Crippen LogP contribution in [0.2, 0.25) is 0 Å². The summed E-state index contributed by atoms with van der Waals surface area (Å²) < 4.78 is 0. The number of likely N-dealkylation sites (tertiary alicyclic amines) is 1. The van der Waals surface area contributed by atoms with Crippen molar-refractivity contribution in [1.82, 2.24) is 20.1 Å². The highest BCUT2D eigenvalue weighted by molar-refractivity contribution is 5.74. The lowest BCUT2D eigenvalue weighted by molar-refractivity contribution is 0.187. The van der Waals surface area contributed by atoms with Crippen LogP contribution in [-0.2, 0) is 0 Å². The van der Waals surface area contributed by atoms with Crippen molar-refractivity contribution in [2.24, 2.45) is 5.92 Å². The lowest BCUT2D eigenvalue weighted by atomic mass is 9.94. The van der Waals surface area contributed by atoms with E-state index >= 15 is 0 Å². The Morgan fingerprint density at radius 1 is 1.46 bits per heavy atom. The van der Waals surface area contributed by atoms with E-state index in [0.717, 1.165) is 38.8 Å². The van der Waals surface area contributed by atoms with Crippen molar-refractivity contribution in [3.63, 3.8) is 0 Å². The van der Waals surface area contributed by atoms with Crippen molar-refractivity contribution in [3.05, 3.63) is 42.2 Å². The second-order valence-electron chi connectivity index (χ2n) is 7.06. The summed E-state index contributed by atoms with van der Waals surface area (Å²) in [7, 11) is 4.06. The van der Waals surface area contributed by atoms with E-state index < -0.39 is 0 Å². The van der Waals surface area contributed by atoms with Gasteiger partial charge in [0.2, 0.25) is 0 Å². The SMILES string of the molecule is CN(C[C@@H]1CCN(C)[C@H]1c1cccnc1)C(=O)NC1C=CCCC1. The van der Waals surface area contributed by atoms with Crippen LogP contribution in [-0.4, -0.2) is 54.0 Å². The van der Waals surface area contributed by atoms with E-state index in [4.69, 9.17) is 0 Å². The number of carbonyl (C=O) groups excluding carboxylic acids is 1. The Hall–Kier alpha value is -1.88. The Labute approximate surface area is 144 Å². The number of amides is 2. The molecule has 0 bridgehead atoms. The van der Waals surface area contributed by atoms with Gasteiger partial charge in [-0.3, -0.25) is 9.88 Å². The van der Waals surface area contributed by atoms with Crippen molar-refractivity contribution in [2.75, 3.05) is 27.2 Å². The molecule has 0 aromatic carbocycles. The predicted molar refractivity (Wildman–Crippen MR) is 95.7 cm³/mol. The number of rotatable bonds is 4. The summed E-state index contributed by atoms with van der Waals surface area (Å²) >= 11 is 0. The van der Waals surface area contributed by atoms with Crippen molar-refractivity contribution in [2.45, 2.75) is 37.8 Å². The molecular weight excluding hydrogens is 300 g/mol. The van der Waals surface area contributed by atoms with E-state index in [2.05, 4.69) is 40.5 Å². The van der Waals surface area contributed by atoms with Crippen LogP contribution in [0.4, 0.5) is 4.79 Å². The van der Waals surface area contributed by atoms with Gasteiger partial charge in [0.15, 0.2) is 0 Å². The molecule has 0 spiro atoms. The molecule has 1 fully saturated rings. The predicted octanol–water partition coefficient (Wildman–Crippen LogP) is 2.82.